The minimum Gasteiger partial charge on any atom is -0.508 e. The largest absolute Gasteiger partial charge is 0.508 e. The van der Waals surface area contributed by atoms with Crippen LogP contribution < -0.4 is 4.74 Å². The minimum absolute atomic E-state index is 0.279. The van der Waals surface area contributed by atoms with E-state index in [1.807, 2.05) is 18.2 Å². The van der Waals surface area contributed by atoms with Gasteiger partial charge in [0.05, 0.1) is 0 Å². The first-order valence-electron chi connectivity index (χ1n) is 11.2. The number of phenols is 1. The molecule has 1 saturated heterocycles. The summed E-state index contributed by atoms with van der Waals surface area (Å²) in [6.45, 7) is 4.09. The zero-order chi connectivity index (χ0) is 21.6. The van der Waals surface area contributed by atoms with Gasteiger partial charge < -0.3 is 14.7 Å². The molecule has 3 heteroatoms. The molecule has 1 heterocycles. The number of benzene rings is 3. The van der Waals surface area contributed by atoms with Crippen LogP contribution in [0.25, 0.3) is 11.1 Å². The Hall–Kier alpha value is -3.04. The summed E-state index contributed by atoms with van der Waals surface area (Å²) in [5.74, 6) is 1.19. The lowest BCUT2D eigenvalue weighted by Gasteiger charge is -2.20. The van der Waals surface area contributed by atoms with Crippen LogP contribution in [-0.4, -0.2) is 36.2 Å². The molecule has 0 spiro atoms. The van der Waals surface area contributed by atoms with Gasteiger partial charge in [-0.2, -0.15) is 0 Å². The summed E-state index contributed by atoms with van der Waals surface area (Å²) in [4.78, 5) is 2.38. The van der Waals surface area contributed by atoms with Crippen LogP contribution >= 0.6 is 0 Å². The molecular formula is C28H31NO2. The highest BCUT2D eigenvalue weighted by Crippen LogP contribution is 2.35. The number of hydrogen-bond donors (Lipinski definition) is 1. The van der Waals surface area contributed by atoms with Gasteiger partial charge in [0.25, 0.3) is 0 Å². The van der Waals surface area contributed by atoms with Crippen LogP contribution in [0.1, 0.15) is 42.9 Å². The van der Waals surface area contributed by atoms with Gasteiger partial charge in [-0.1, -0.05) is 61.5 Å². The maximum atomic E-state index is 9.79. The molecule has 31 heavy (non-hydrogen) atoms. The molecule has 3 aromatic carbocycles. The number of aromatic hydroxyl groups is 1. The number of phenolic OH excluding ortho intramolecular Hbond substituents is 1. The number of hydrogen-bond acceptors (Lipinski definition) is 3. The van der Waals surface area contributed by atoms with Crippen molar-refractivity contribution in [2.45, 2.75) is 32.2 Å². The average Bonchev–Trinajstić information content (AvgIpc) is 3.22. The fraction of sp³-hybridized carbons (Fsp3) is 0.286. The lowest BCUT2D eigenvalue weighted by molar-refractivity contribution is 0.198. The van der Waals surface area contributed by atoms with Crippen LogP contribution in [0, 0.1) is 0 Å². The molecule has 0 aromatic heterocycles. The highest BCUT2D eigenvalue weighted by molar-refractivity contribution is 5.98. The van der Waals surface area contributed by atoms with E-state index in [1.165, 1.54) is 29.6 Å². The molecule has 1 aliphatic rings. The van der Waals surface area contributed by atoms with Crippen molar-refractivity contribution >= 4 is 11.1 Å². The van der Waals surface area contributed by atoms with Crippen LogP contribution in [0.15, 0.2) is 78.9 Å². The van der Waals surface area contributed by atoms with Crippen LogP contribution in [0.5, 0.6) is 11.5 Å². The van der Waals surface area contributed by atoms with Crippen molar-refractivity contribution < 1.29 is 9.84 Å². The maximum absolute atomic E-state index is 9.79. The lowest BCUT2D eigenvalue weighted by atomic mass is 9.88. The molecule has 3 aromatic rings. The highest BCUT2D eigenvalue weighted by Gasteiger charge is 2.21. The number of rotatable bonds is 7. The van der Waals surface area contributed by atoms with Crippen LogP contribution in [0.2, 0.25) is 0 Å². The second kappa shape index (κ2) is 9.84. The Balaban J connectivity index is 1.67. The van der Waals surface area contributed by atoms with Crippen molar-refractivity contribution in [2.75, 3.05) is 20.2 Å². The van der Waals surface area contributed by atoms with Gasteiger partial charge >= 0.3 is 0 Å². The standard InChI is InChI=1S/C28H31NO2/c1-3-27(21-8-5-4-6-9-21)28(22-11-15-25(30)16-12-22)23-13-17-26(18-14-23)31-20-24-10-7-19-29(24)2/h4-6,8-9,11-18,24,30H,3,7,10,19-20H2,1-2H3/b28-27+. The fourth-order valence-corrected chi connectivity index (χ4v) is 4.41. The Labute approximate surface area is 185 Å². The summed E-state index contributed by atoms with van der Waals surface area (Å²) in [5, 5.41) is 9.79. The van der Waals surface area contributed by atoms with E-state index >= 15 is 0 Å². The number of likely N-dealkylation sites (N-methyl/N-ethyl adjacent to an activating group) is 1. The second-order valence-electron chi connectivity index (χ2n) is 8.23. The predicted octanol–water partition coefficient (Wildman–Crippen LogP) is 6.23. The normalized spacial score (nSPS) is 17.4. The molecule has 1 N–H and O–H groups in total. The van der Waals surface area contributed by atoms with E-state index in [1.54, 1.807) is 12.1 Å². The first-order valence-corrected chi connectivity index (χ1v) is 11.2. The quantitative estimate of drug-likeness (QED) is 0.466. The molecule has 0 bridgehead atoms. The third kappa shape index (κ3) is 5.00. The minimum atomic E-state index is 0.279. The molecule has 1 aliphatic heterocycles. The molecule has 0 amide bonds. The zero-order valence-corrected chi connectivity index (χ0v) is 18.4. The highest BCUT2D eigenvalue weighted by atomic mass is 16.5. The molecule has 1 atom stereocenters. The summed E-state index contributed by atoms with van der Waals surface area (Å²) in [7, 11) is 2.18. The van der Waals surface area contributed by atoms with Crippen molar-refractivity contribution in [3.8, 4) is 11.5 Å². The first-order chi connectivity index (χ1) is 15.2. The van der Waals surface area contributed by atoms with Crippen LogP contribution in [0.3, 0.4) is 0 Å². The molecule has 4 rings (SSSR count). The predicted molar refractivity (Wildman–Crippen MR) is 128 cm³/mol. The summed E-state index contributed by atoms with van der Waals surface area (Å²) < 4.78 is 6.10. The lowest BCUT2D eigenvalue weighted by Crippen LogP contribution is -2.30. The number of likely N-dealkylation sites (tertiary alicyclic amines) is 1. The topological polar surface area (TPSA) is 32.7 Å². The van der Waals surface area contributed by atoms with Gasteiger partial charge in [-0.15, -0.1) is 0 Å². The van der Waals surface area contributed by atoms with Gasteiger partial charge in [-0.25, -0.2) is 0 Å². The summed E-state index contributed by atoms with van der Waals surface area (Å²) in [5.41, 5.74) is 5.94. The number of nitrogens with zero attached hydrogens (tertiary/aromatic N) is 1. The molecule has 0 saturated carbocycles. The zero-order valence-electron chi connectivity index (χ0n) is 18.4. The van der Waals surface area contributed by atoms with E-state index in [4.69, 9.17) is 4.74 Å². The van der Waals surface area contributed by atoms with E-state index in [-0.39, 0.29) is 5.75 Å². The van der Waals surface area contributed by atoms with Crippen molar-refractivity contribution in [3.05, 3.63) is 95.6 Å². The van der Waals surface area contributed by atoms with Crippen LogP contribution in [0.4, 0.5) is 0 Å². The van der Waals surface area contributed by atoms with Crippen molar-refractivity contribution in [3.63, 3.8) is 0 Å². The van der Waals surface area contributed by atoms with Gasteiger partial charge in [0, 0.05) is 6.04 Å². The SMILES string of the molecule is CC/C(=C(/c1ccc(O)cc1)c1ccc(OCC2CCCN2C)cc1)c1ccccc1. The third-order valence-corrected chi connectivity index (χ3v) is 6.19. The molecule has 0 aliphatic carbocycles. The van der Waals surface area contributed by atoms with Gasteiger partial charge in [-0.3, -0.25) is 0 Å². The van der Waals surface area contributed by atoms with Gasteiger partial charge in [0.2, 0.25) is 0 Å². The summed E-state index contributed by atoms with van der Waals surface area (Å²) >= 11 is 0. The Bertz CT molecular complexity index is 1010. The third-order valence-electron chi connectivity index (χ3n) is 6.19. The van der Waals surface area contributed by atoms with Crippen molar-refractivity contribution in [2.24, 2.45) is 0 Å². The number of ether oxygens (including phenoxy) is 1. The average molecular weight is 414 g/mol. The van der Waals surface area contributed by atoms with E-state index in [9.17, 15) is 5.11 Å². The Morgan fingerprint density at radius 1 is 0.903 bits per heavy atom. The van der Waals surface area contributed by atoms with E-state index < -0.39 is 0 Å². The van der Waals surface area contributed by atoms with Gasteiger partial charge in [-0.05, 0) is 85.0 Å². The molecule has 0 radical (unpaired) electrons. The Morgan fingerprint density at radius 3 is 2.13 bits per heavy atom. The molecule has 1 unspecified atom stereocenters. The monoisotopic (exact) mass is 413 g/mol. The van der Waals surface area contributed by atoms with E-state index in [0.29, 0.717) is 6.04 Å². The Morgan fingerprint density at radius 2 is 1.55 bits per heavy atom. The van der Waals surface area contributed by atoms with Gasteiger partial charge in [0.15, 0.2) is 0 Å². The number of allylic oxidation sites excluding steroid dienone is 1. The van der Waals surface area contributed by atoms with Gasteiger partial charge in [0.1, 0.15) is 18.1 Å². The Kier molecular flexibility index (Phi) is 6.73. The maximum Gasteiger partial charge on any atom is 0.119 e. The summed E-state index contributed by atoms with van der Waals surface area (Å²) in [6.07, 6.45) is 3.37. The summed E-state index contributed by atoms with van der Waals surface area (Å²) in [6, 6.07) is 27.0. The van der Waals surface area contributed by atoms with E-state index in [0.717, 1.165) is 36.4 Å². The fourth-order valence-electron chi connectivity index (χ4n) is 4.41. The van der Waals surface area contributed by atoms with Crippen molar-refractivity contribution in [1.29, 1.82) is 0 Å². The molecular weight excluding hydrogens is 382 g/mol. The smallest absolute Gasteiger partial charge is 0.119 e. The molecule has 160 valence electrons. The second-order valence-corrected chi connectivity index (χ2v) is 8.23. The van der Waals surface area contributed by atoms with E-state index in [2.05, 4.69) is 67.4 Å². The first kappa shape index (κ1) is 21.2. The van der Waals surface area contributed by atoms with Crippen LogP contribution in [-0.2, 0) is 0 Å². The molecule has 1 fully saturated rings. The van der Waals surface area contributed by atoms with Crippen molar-refractivity contribution in [1.82, 2.24) is 4.90 Å². The molecule has 3 nitrogen and oxygen atoms in total.